The topological polar surface area (TPSA) is 67.9 Å². The summed E-state index contributed by atoms with van der Waals surface area (Å²) in [4.78, 5) is 12.6. The van der Waals surface area contributed by atoms with E-state index >= 15 is 0 Å². The van der Waals surface area contributed by atoms with E-state index in [-0.39, 0.29) is 17.3 Å². The number of carbonyl (C=O) groups excluding carboxylic acids is 1. The molecule has 1 aromatic heterocycles. The smallest absolute Gasteiger partial charge is 0.214 e. The Morgan fingerprint density at radius 2 is 2.14 bits per heavy atom. The van der Waals surface area contributed by atoms with Gasteiger partial charge in [0.05, 0.1) is 18.4 Å². The molecule has 0 spiro atoms. The maximum atomic E-state index is 12.6. The highest BCUT2D eigenvalue weighted by Crippen LogP contribution is 2.55. The zero-order valence-corrected chi connectivity index (χ0v) is 13.7. The van der Waals surface area contributed by atoms with Crippen LogP contribution in [0.25, 0.3) is 0 Å². The molecular formula is C17H21N3O2. The highest BCUT2D eigenvalue weighted by Gasteiger charge is 2.55. The molecule has 0 aromatic carbocycles. The van der Waals surface area contributed by atoms with E-state index in [1.165, 1.54) is 0 Å². The van der Waals surface area contributed by atoms with E-state index in [1.807, 2.05) is 27.0 Å². The molecular weight excluding hydrogens is 278 g/mol. The van der Waals surface area contributed by atoms with Crippen molar-refractivity contribution in [2.45, 2.75) is 39.0 Å². The molecule has 1 aromatic rings. The second-order valence-corrected chi connectivity index (χ2v) is 7.05. The normalized spacial score (nSPS) is 29.2. The van der Waals surface area contributed by atoms with Crippen molar-refractivity contribution in [2.24, 2.45) is 18.4 Å². The van der Waals surface area contributed by atoms with E-state index < -0.39 is 10.8 Å². The van der Waals surface area contributed by atoms with Gasteiger partial charge in [0.2, 0.25) is 5.88 Å². The van der Waals surface area contributed by atoms with E-state index in [9.17, 15) is 10.1 Å². The fraction of sp³-hybridized carbons (Fsp3) is 0.588. The number of carbonyl (C=O) groups is 1. The average Bonchev–Trinajstić information content (AvgIpc) is 2.80. The molecule has 116 valence electrons. The summed E-state index contributed by atoms with van der Waals surface area (Å²) in [6, 6.07) is 2.08. The van der Waals surface area contributed by atoms with Crippen LogP contribution in [0.3, 0.4) is 0 Å². The minimum Gasteiger partial charge on any atom is -0.481 e. The van der Waals surface area contributed by atoms with Crippen LogP contribution in [-0.2, 0) is 23.7 Å². The van der Waals surface area contributed by atoms with Gasteiger partial charge in [-0.15, -0.1) is 0 Å². The number of nitriles is 1. The standard InChI is InChI=1S/C17H21N3O2/c1-16(2)12-7-6-11-13(19-20(4)15(11)22-5)17(12,3)8-10(9-18)14(16)21/h8,12H,6-7H2,1-5H3/t12-,17-/m0/s1. The average molecular weight is 299 g/mol. The van der Waals surface area contributed by atoms with Crippen molar-refractivity contribution in [1.29, 1.82) is 5.26 Å². The number of allylic oxidation sites excluding steroid dienone is 2. The summed E-state index contributed by atoms with van der Waals surface area (Å²) >= 11 is 0. The third-order valence-corrected chi connectivity index (χ3v) is 5.46. The molecule has 0 saturated carbocycles. The number of aromatic nitrogens is 2. The first kappa shape index (κ1) is 14.8. The molecule has 0 saturated heterocycles. The first-order valence-electron chi connectivity index (χ1n) is 7.55. The predicted molar refractivity (Wildman–Crippen MR) is 81.4 cm³/mol. The molecule has 1 heterocycles. The zero-order chi connectivity index (χ0) is 16.3. The van der Waals surface area contributed by atoms with E-state index in [0.717, 1.165) is 30.0 Å². The summed E-state index contributed by atoms with van der Waals surface area (Å²) in [5.74, 6) is 0.858. The molecule has 22 heavy (non-hydrogen) atoms. The minimum atomic E-state index is -0.559. The van der Waals surface area contributed by atoms with Crippen molar-refractivity contribution in [1.82, 2.24) is 9.78 Å². The predicted octanol–water partition coefficient (Wildman–Crippen LogP) is 2.31. The van der Waals surface area contributed by atoms with Gasteiger partial charge in [-0.2, -0.15) is 10.4 Å². The molecule has 0 radical (unpaired) electrons. The lowest BCUT2D eigenvalue weighted by atomic mass is 9.52. The second kappa shape index (κ2) is 4.45. The first-order chi connectivity index (χ1) is 10.3. The number of rotatable bonds is 1. The molecule has 0 unspecified atom stereocenters. The molecule has 0 bridgehead atoms. The molecule has 0 N–H and O–H groups in total. The monoisotopic (exact) mass is 299 g/mol. The van der Waals surface area contributed by atoms with Gasteiger partial charge in [-0.1, -0.05) is 26.8 Å². The summed E-state index contributed by atoms with van der Waals surface area (Å²) < 4.78 is 7.23. The number of aryl methyl sites for hydroxylation is 1. The summed E-state index contributed by atoms with van der Waals surface area (Å²) in [6.45, 7) is 6.00. The van der Waals surface area contributed by atoms with E-state index in [1.54, 1.807) is 11.8 Å². The Morgan fingerprint density at radius 3 is 2.73 bits per heavy atom. The van der Waals surface area contributed by atoms with Crippen LogP contribution in [0.15, 0.2) is 11.6 Å². The molecule has 3 rings (SSSR count). The van der Waals surface area contributed by atoms with Gasteiger partial charge >= 0.3 is 0 Å². The number of hydrogen-bond donors (Lipinski definition) is 0. The Balaban J connectivity index is 2.29. The van der Waals surface area contributed by atoms with Gasteiger partial charge < -0.3 is 4.74 Å². The number of ether oxygens (including phenoxy) is 1. The lowest BCUT2D eigenvalue weighted by molar-refractivity contribution is -0.128. The van der Waals surface area contributed by atoms with Gasteiger partial charge in [-0.05, 0) is 18.8 Å². The fourth-order valence-electron chi connectivity index (χ4n) is 4.45. The van der Waals surface area contributed by atoms with Crippen molar-refractivity contribution in [3.05, 3.63) is 22.9 Å². The van der Waals surface area contributed by atoms with Crippen LogP contribution in [0, 0.1) is 22.7 Å². The quantitative estimate of drug-likeness (QED) is 0.798. The molecule has 0 aliphatic heterocycles. The SMILES string of the molecule is COc1c2c(nn1C)[C@@]1(C)C=C(C#N)C(=O)C(C)(C)[C@@H]1CC2. The number of Topliss-reactive ketones (excluding diaryl/α,β-unsaturated/α-hetero) is 1. The maximum absolute atomic E-state index is 12.6. The van der Waals surface area contributed by atoms with Crippen LogP contribution in [0.2, 0.25) is 0 Å². The Labute approximate surface area is 130 Å². The number of nitrogens with zero attached hydrogens (tertiary/aromatic N) is 3. The van der Waals surface area contributed by atoms with Gasteiger partial charge in [0.15, 0.2) is 5.78 Å². The Morgan fingerprint density at radius 1 is 1.45 bits per heavy atom. The fourth-order valence-corrected chi connectivity index (χ4v) is 4.45. The number of fused-ring (bicyclic) bond motifs is 3. The van der Waals surface area contributed by atoms with Crippen LogP contribution in [0.4, 0.5) is 0 Å². The van der Waals surface area contributed by atoms with Crippen molar-refractivity contribution >= 4 is 5.78 Å². The van der Waals surface area contributed by atoms with E-state index in [2.05, 4.69) is 18.1 Å². The largest absolute Gasteiger partial charge is 0.481 e. The number of ketones is 1. The Hall–Kier alpha value is -2.09. The highest BCUT2D eigenvalue weighted by molar-refractivity contribution is 6.04. The lowest BCUT2D eigenvalue weighted by Crippen LogP contribution is -2.51. The van der Waals surface area contributed by atoms with E-state index in [4.69, 9.17) is 4.74 Å². The number of hydrogen-bond acceptors (Lipinski definition) is 4. The van der Waals surface area contributed by atoms with Gasteiger partial charge in [-0.25, -0.2) is 4.68 Å². The number of methoxy groups -OCH3 is 1. The molecule has 0 fully saturated rings. The van der Waals surface area contributed by atoms with Crippen LogP contribution in [-0.4, -0.2) is 22.7 Å². The molecule has 5 nitrogen and oxygen atoms in total. The van der Waals surface area contributed by atoms with Gasteiger partial charge in [0.25, 0.3) is 0 Å². The third-order valence-electron chi connectivity index (χ3n) is 5.46. The van der Waals surface area contributed by atoms with E-state index in [0.29, 0.717) is 0 Å². The zero-order valence-electron chi connectivity index (χ0n) is 13.7. The Bertz CT molecular complexity index is 736. The first-order valence-corrected chi connectivity index (χ1v) is 7.55. The van der Waals surface area contributed by atoms with Crippen LogP contribution >= 0.6 is 0 Å². The van der Waals surface area contributed by atoms with Gasteiger partial charge in [0.1, 0.15) is 6.07 Å². The molecule has 2 aliphatic rings. The highest BCUT2D eigenvalue weighted by atomic mass is 16.5. The van der Waals surface area contributed by atoms with Crippen LogP contribution in [0.1, 0.15) is 38.4 Å². The third kappa shape index (κ3) is 1.64. The Kier molecular flexibility index (Phi) is 3.00. The summed E-state index contributed by atoms with van der Waals surface area (Å²) in [5, 5.41) is 14.0. The molecule has 5 heteroatoms. The summed E-state index contributed by atoms with van der Waals surface area (Å²) in [6.07, 6.45) is 3.56. The minimum absolute atomic E-state index is 0.0520. The molecule has 2 atom stereocenters. The van der Waals surface area contributed by atoms with Crippen molar-refractivity contribution in [2.75, 3.05) is 7.11 Å². The van der Waals surface area contributed by atoms with Crippen molar-refractivity contribution in [3.63, 3.8) is 0 Å². The van der Waals surface area contributed by atoms with Crippen molar-refractivity contribution < 1.29 is 9.53 Å². The van der Waals surface area contributed by atoms with Crippen LogP contribution in [0.5, 0.6) is 5.88 Å². The van der Waals surface area contributed by atoms with Gasteiger partial charge in [0, 0.05) is 23.4 Å². The summed E-state index contributed by atoms with van der Waals surface area (Å²) in [7, 11) is 3.51. The van der Waals surface area contributed by atoms with Gasteiger partial charge in [-0.3, -0.25) is 4.79 Å². The van der Waals surface area contributed by atoms with Crippen molar-refractivity contribution in [3.8, 4) is 11.9 Å². The maximum Gasteiger partial charge on any atom is 0.214 e. The molecule has 2 aliphatic carbocycles. The lowest BCUT2D eigenvalue weighted by Gasteiger charge is -2.49. The van der Waals surface area contributed by atoms with Crippen LogP contribution < -0.4 is 4.74 Å². The summed E-state index contributed by atoms with van der Waals surface area (Å²) in [5.41, 5.74) is 1.32. The second-order valence-electron chi connectivity index (χ2n) is 7.05. The molecule has 0 amide bonds.